The van der Waals surface area contributed by atoms with Crippen LogP contribution in [0.5, 0.6) is 0 Å². The van der Waals surface area contributed by atoms with Crippen molar-refractivity contribution in [3.05, 3.63) is 0 Å². The summed E-state index contributed by atoms with van der Waals surface area (Å²) >= 11 is 2.86. The molecule has 20 heavy (non-hydrogen) atoms. The molecule has 124 valence electrons. The van der Waals surface area contributed by atoms with Gasteiger partial charge < -0.3 is 0 Å². The minimum absolute atomic E-state index is 0.292. The summed E-state index contributed by atoms with van der Waals surface area (Å²) in [5.74, 6) is 4.51. The molecule has 0 heterocycles. The first kappa shape index (κ1) is 21.1. The summed E-state index contributed by atoms with van der Waals surface area (Å²) in [4.78, 5) is 0. The second-order valence-corrected chi connectivity index (χ2v) is 15.1. The van der Waals surface area contributed by atoms with Gasteiger partial charge in [0.25, 0.3) is 0 Å². The lowest BCUT2D eigenvalue weighted by Crippen LogP contribution is -2.06. The fraction of sp³-hybridized carbons (Fsp3) is 1.00. The third kappa shape index (κ3) is 12.8. The Kier molecular flexibility index (Phi) is 15.8. The van der Waals surface area contributed by atoms with Crippen molar-refractivity contribution in [2.24, 2.45) is 0 Å². The number of hydrogen-bond acceptors (Lipinski definition) is 0. The van der Waals surface area contributed by atoms with E-state index in [1.165, 1.54) is 94.3 Å². The topological polar surface area (TPSA) is 0 Å². The highest BCUT2D eigenvalue weighted by Gasteiger charge is 2.16. The molecule has 0 aliphatic heterocycles. The van der Waals surface area contributed by atoms with Crippen molar-refractivity contribution in [2.75, 3.05) is 17.3 Å². The maximum absolute atomic E-state index is 2.86. The van der Waals surface area contributed by atoms with E-state index in [9.17, 15) is 0 Å². The fourth-order valence-corrected chi connectivity index (χ4v) is 6.77. The second kappa shape index (κ2) is 15.0. The second-order valence-electron chi connectivity index (χ2n) is 6.17. The van der Waals surface area contributed by atoms with Crippen LogP contribution in [0.15, 0.2) is 0 Å². The SMILES string of the molecule is CCCCCCCCS(I)(CC)CCCCCCCC. The summed E-state index contributed by atoms with van der Waals surface area (Å²) in [5.41, 5.74) is 0. The van der Waals surface area contributed by atoms with Gasteiger partial charge >= 0.3 is 0 Å². The Morgan fingerprint density at radius 3 is 1.25 bits per heavy atom. The van der Waals surface area contributed by atoms with Gasteiger partial charge in [0.2, 0.25) is 0 Å². The molecule has 0 nitrogen and oxygen atoms in total. The largest absolute Gasteiger partial charge is 0.188 e. The minimum atomic E-state index is -0.292. The molecule has 0 aliphatic rings. The molecule has 0 atom stereocenters. The van der Waals surface area contributed by atoms with Crippen molar-refractivity contribution in [3.8, 4) is 0 Å². The van der Waals surface area contributed by atoms with E-state index in [1.807, 2.05) is 0 Å². The normalized spacial score (nSPS) is 12.8. The predicted octanol–water partition coefficient (Wildman–Crippen LogP) is 7.88. The minimum Gasteiger partial charge on any atom is -0.188 e. The lowest BCUT2D eigenvalue weighted by atomic mass is 10.1. The molecule has 0 rings (SSSR count). The maximum Gasteiger partial charge on any atom is -0.0144 e. The van der Waals surface area contributed by atoms with Crippen LogP contribution in [-0.2, 0) is 0 Å². The molecule has 0 aromatic rings. The third-order valence-electron chi connectivity index (χ3n) is 4.24. The molecular formula is C18H39IS. The third-order valence-corrected chi connectivity index (χ3v) is 11.8. The van der Waals surface area contributed by atoms with Gasteiger partial charge in [-0.25, -0.2) is 0 Å². The molecule has 0 saturated carbocycles. The highest BCUT2D eigenvalue weighted by Crippen LogP contribution is 2.57. The molecule has 0 fully saturated rings. The predicted molar refractivity (Wildman–Crippen MR) is 109 cm³/mol. The van der Waals surface area contributed by atoms with E-state index in [0.717, 1.165) is 0 Å². The van der Waals surface area contributed by atoms with Gasteiger partial charge in [-0.05, 0) is 51.3 Å². The van der Waals surface area contributed by atoms with Crippen LogP contribution in [-0.4, -0.2) is 17.3 Å². The molecule has 0 radical (unpaired) electrons. The summed E-state index contributed by atoms with van der Waals surface area (Å²) in [7, 11) is -0.292. The summed E-state index contributed by atoms with van der Waals surface area (Å²) < 4.78 is 0. The Bertz CT molecular complexity index is 178. The number of halogens is 1. The molecule has 0 saturated heterocycles. The van der Waals surface area contributed by atoms with E-state index in [4.69, 9.17) is 0 Å². The summed E-state index contributed by atoms with van der Waals surface area (Å²) in [6.45, 7) is 7.03. The quantitative estimate of drug-likeness (QED) is 0.189. The van der Waals surface area contributed by atoms with Crippen molar-refractivity contribution < 1.29 is 0 Å². The summed E-state index contributed by atoms with van der Waals surface area (Å²) in [6, 6.07) is 0. The van der Waals surface area contributed by atoms with E-state index in [-0.39, 0.29) is 7.20 Å². The first-order valence-electron chi connectivity index (χ1n) is 9.14. The number of rotatable bonds is 15. The monoisotopic (exact) mass is 414 g/mol. The highest BCUT2D eigenvalue weighted by atomic mass is 127. The fourth-order valence-electron chi connectivity index (χ4n) is 2.67. The van der Waals surface area contributed by atoms with Crippen LogP contribution in [0.1, 0.15) is 97.8 Å². The van der Waals surface area contributed by atoms with Crippen LogP contribution in [0, 0.1) is 0 Å². The molecule has 0 spiro atoms. The van der Waals surface area contributed by atoms with Crippen molar-refractivity contribution in [1.82, 2.24) is 0 Å². The van der Waals surface area contributed by atoms with Crippen LogP contribution >= 0.6 is 28.4 Å². The van der Waals surface area contributed by atoms with Crippen LogP contribution in [0.25, 0.3) is 0 Å². The molecule has 0 aromatic carbocycles. The van der Waals surface area contributed by atoms with Gasteiger partial charge in [0.05, 0.1) is 0 Å². The Morgan fingerprint density at radius 2 is 0.900 bits per heavy atom. The molecule has 0 bridgehead atoms. The van der Waals surface area contributed by atoms with E-state index in [1.54, 1.807) is 0 Å². The standard InChI is InChI=1S/C18H39IS/c1-4-7-9-11-13-15-17-20(19,6-3)18-16-14-12-10-8-5-2/h4-18H2,1-3H3. The molecule has 0 aliphatic carbocycles. The van der Waals surface area contributed by atoms with Crippen LogP contribution < -0.4 is 0 Å². The first-order chi connectivity index (χ1) is 9.68. The van der Waals surface area contributed by atoms with Gasteiger partial charge in [-0.2, -0.15) is 7.20 Å². The molecule has 0 unspecified atom stereocenters. The van der Waals surface area contributed by atoms with Crippen molar-refractivity contribution in [2.45, 2.75) is 97.8 Å². The van der Waals surface area contributed by atoms with Crippen LogP contribution in [0.2, 0.25) is 0 Å². The lowest BCUT2D eigenvalue weighted by molar-refractivity contribution is 0.623. The summed E-state index contributed by atoms with van der Waals surface area (Å²) in [5, 5.41) is 0. The Labute approximate surface area is 143 Å². The molecule has 2 heteroatoms. The zero-order valence-corrected chi connectivity index (χ0v) is 17.4. The highest BCUT2D eigenvalue weighted by molar-refractivity contribution is 14.2. The zero-order valence-electron chi connectivity index (χ0n) is 14.4. The Hall–Kier alpha value is 1.08. The van der Waals surface area contributed by atoms with Gasteiger partial charge in [-0.15, -0.1) is 0 Å². The first-order valence-corrected chi connectivity index (χ1v) is 13.8. The van der Waals surface area contributed by atoms with E-state index >= 15 is 0 Å². The average molecular weight is 414 g/mol. The van der Waals surface area contributed by atoms with Crippen LogP contribution in [0.3, 0.4) is 0 Å². The molecular weight excluding hydrogens is 375 g/mol. The average Bonchev–Trinajstić information content (AvgIpc) is 2.46. The molecule has 0 aromatic heterocycles. The maximum atomic E-state index is 2.86. The Balaban J connectivity index is 3.57. The summed E-state index contributed by atoms with van der Waals surface area (Å²) in [6.07, 6.45) is 17.4. The number of unbranched alkanes of at least 4 members (excludes halogenated alkanes) is 10. The van der Waals surface area contributed by atoms with E-state index < -0.39 is 0 Å². The molecule has 0 amide bonds. The smallest absolute Gasteiger partial charge is 0.0144 e. The van der Waals surface area contributed by atoms with Gasteiger partial charge in [-0.3, -0.25) is 0 Å². The Morgan fingerprint density at radius 1 is 0.550 bits per heavy atom. The van der Waals surface area contributed by atoms with E-state index in [0.29, 0.717) is 0 Å². The van der Waals surface area contributed by atoms with Crippen molar-refractivity contribution in [3.63, 3.8) is 0 Å². The zero-order chi connectivity index (χ0) is 15.1. The van der Waals surface area contributed by atoms with Gasteiger partial charge in [0.1, 0.15) is 0 Å². The van der Waals surface area contributed by atoms with Crippen LogP contribution in [0.4, 0.5) is 0 Å². The van der Waals surface area contributed by atoms with Gasteiger partial charge in [0.15, 0.2) is 0 Å². The van der Waals surface area contributed by atoms with Gasteiger partial charge in [0, 0.05) is 0 Å². The molecule has 0 N–H and O–H groups in total. The van der Waals surface area contributed by atoms with E-state index in [2.05, 4.69) is 42.0 Å². The number of hydrogen-bond donors (Lipinski definition) is 0. The lowest BCUT2D eigenvalue weighted by Gasteiger charge is -2.32. The van der Waals surface area contributed by atoms with Crippen molar-refractivity contribution >= 4 is 28.4 Å². The van der Waals surface area contributed by atoms with Crippen molar-refractivity contribution in [1.29, 1.82) is 0 Å². The van der Waals surface area contributed by atoms with Gasteiger partial charge in [-0.1, -0.05) is 85.0 Å².